The molecule has 1 atom stereocenters. The molecule has 1 saturated heterocycles. The minimum Gasteiger partial charge on any atom is -0.481 e. The van der Waals surface area contributed by atoms with Gasteiger partial charge in [0.15, 0.2) is 0 Å². The van der Waals surface area contributed by atoms with Crippen molar-refractivity contribution >= 4 is 17.3 Å². The second-order valence-electron chi connectivity index (χ2n) is 4.96. The summed E-state index contributed by atoms with van der Waals surface area (Å²) < 4.78 is 13.4. The number of carbonyl (C=O) groups is 1. The van der Waals surface area contributed by atoms with Crippen LogP contribution in [0.2, 0.25) is 0 Å². The fourth-order valence-corrected chi connectivity index (χ4v) is 2.48. The molecule has 6 nitrogen and oxygen atoms in total. The molecule has 0 bridgehead atoms. The molecule has 1 aromatic carbocycles. The van der Waals surface area contributed by atoms with E-state index in [9.17, 15) is 19.3 Å². The number of aliphatic carboxylic acids is 1. The molecule has 7 heteroatoms. The summed E-state index contributed by atoms with van der Waals surface area (Å²) in [5.41, 5.74) is 0.212. The fourth-order valence-electron chi connectivity index (χ4n) is 2.48. The Morgan fingerprint density at radius 1 is 1.50 bits per heavy atom. The van der Waals surface area contributed by atoms with Crippen molar-refractivity contribution in [3.05, 3.63) is 34.1 Å². The molecule has 0 aliphatic carbocycles. The van der Waals surface area contributed by atoms with Gasteiger partial charge in [-0.25, -0.2) is 4.39 Å². The van der Waals surface area contributed by atoms with Gasteiger partial charge in [-0.15, -0.1) is 0 Å². The van der Waals surface area contributed by atoms with Crippen molar-refractivity contribution in [2.24, 2.45) is 5.92 Å². The number of hydrogen-bond acceptors (Lipinski definition) is 4. The molecule has 1 aliphatic rings. The van der Waals surface area contributed by atoms with Gasteiger partial charge in [0.1, 0.15) is 5.82 Å². The zero-order valence-corrected chi connectivity index (χ0v) is 10.8. The highest BCUT2D eigenvalue weighted by atomic mass is 19.1. The van der Waals surface area contributed by atoms with Crippen molar-refractivity contribution in [1.82, 2.24) is 0 Å². The van der Waals surface area contributed by atoms with E-state index in [1.165, 1.54) is 12.1 Å². The Kier molecular flexibility index (Phi) is 4.16. The molecule has 0 amide bonds. The van der Waals surface area contributed by atoms with Gasteiger partial charge in [-0.3, -0.25) is 14.9 Å². The molecular weight excluding hydrogens is 267 g/mol. The van der Waals surface area contributed by atoms with Gasteiger partial charge < -0.3 is 10.0 Å². The van der Waals surface area contributed by atoms with Crippen molar-refractivity contribution in [1.29, 1.82) is 0 Å². The number of nitro groups is 1. The Morgan fingerprint density at radius 3 is 2.90 bits per heavy atom. The summed E-state index contributed by atoms with van der Waals surface area (Å²) in [5.74, 6) is -1.23. The summed E-state index contributed by atoms with van der Waals surface area (Å²) >= 11 is 0. The van der Waals surface area contributed by atoms with Gasteiger partial charge >= 0.3 is 5.97 Å². The van der Waals surface area contributed by atoms with E-state index in [0.29, 0.717) is 25.2 Å². The maximum Gasteiger partial charge on any atom is 0.303 e. The van der Waals surface area contributed by atoms with Crippen LogP contribution in [-0.2, 0) is 4.79 Å². The third kappa shape index (κ3) is 3.43. The van der Waals surface area contributed by atoms with Crippen LogP contribution in [0.25, 0.3) is 0 Å². The second-order valence-corrected chi connectivity index (χ2v) is 4.96. The van der Waals surface area contributed by atoms with Crippen molar-refractivity contribution in [2.75, 3.05) is 18.0 Å². The summed E-state index contributed by atoms with van der Waals surface area (Å²) in [6.45, 7) is 1.26. The number of rotatable bonds is 5. The summed E-state index contributed by atoms with van der Waals surface area (Å²) in [6.07, 6.45) is 1.50. The van der Waals surface area contributed by atoms with Crippen LogP contribution in [0, 0.1) is 21.8 Å². The third-order valence-corrected chi connectivity index (χ3v) is 3.50. The predicted molar refractivity (Wildman–Crippen MR) is 70.2 cm³/mol. The standard InChI is InChI=1S/C13H15FN2O4/c14-10-5-11(7-12(6-10)16(19)20)15-4-3-9(8-15)1-2-13(17)18/h5-7,9H,1-4,8H2,(H,17,18). The maximum atomic E-state index is 13.4. The highest BCUT2D eigenvalue weighted by molar-refractivity contribution is 5.66. The minimum absolute atomic E-state index is 0.113. The molecule has 1 fully saturated rings. The fraction of sp³-hybridized carbons (Fsp3) is 0.462. The monoisotopic (exact) mass is 282 g/mol. The normalized spacial score (nSPS) is 18.2. The summed E-state index contributed by atoms with van der Waals surface area (Å²) in [7, 11) is 0. The van der Waals surface area contributed by atoms with E-state index in [0.717, 1.165) is 12.5 Å². The van der Waals surface area contributed by atoms with E-state index in [4.69, 9.17) is 5.11 Å². The lowest BCUT2D eigenvalue weighted by Gasteiger charge is -2.18. The van der Waals surface area contributed by atoms with E-state index in [1.54, 1.807) is 0 Å². The topological polar surface area (TPSA) is 83.7 Å². The Hall–Kier alpha value is -2.18. The molecule has 1 aromatic rings. The smallest absolute Gasteiger partial charge is 0.303 e. The average Bonchev–Trinajstić information content (AvgIpc) is 2.84. The van der Waals surface area contributed by atoms with Gasteiger partial charge in [0.05, 0.1) is 11.0 Å². The number of carboxylic acid groups (broad SMARTS) is 1. The molecule has 0 saturated carbocycles. The van der Waals surface area contributed by atoms with Gasteiger partial charge in [-0.05, 0) is 24.8 Å². The molecule has 1 heterocycles. The number of anilines is 1. The summed E-state index contributed by atoms with van der Waals surface area (Å²) in [4.78, 5) is 22.5. The number of nitro benzene ring substituents is 1. The van der Waals surface area contributed by atoms with Crippen LogP contribution >= 0.6 is 0 Å². The van der Waals surface area contributed by atoms with E-state index < -0.39 is 16.7 Å². The molecule has 2 rings (SSSR count). The number of halogens is 1. The molecular formula is C13H15FN2O4. The van der Waals surface area contributed by atoms with E-state index in [1.807, 2.05) is 4.90 Å². The largest absolute Gasteiger partial charge is 0.481 e. The van der Waals surface area contributed by atoms with Crippen molar-refractivity contribution < 1.29 is 19.2 Å². The zero-order chi connectivity index (χ0) is 14.7. The van der Waals surface area contributed by atoms with Gasteiger partial charge in [0.25, 0.3) is 5.69 Å². The minimum atomic E-state index is -0.829. The predicted octanol–water partition coefficient (Wildman–Crippen LogP) is 2.43. The van der Waals surface area contributed by atoms with Crippen LogP contribution in [-0.4, -0.2) is 29.1 Å². The molecule has 0 radical (unpaired) electrons. The highest BCUT2D eigenvalue weighted by Gasteiger charge is 2.24. The third-order valence-electron chi connectivity index (χ3n) is 3.50. The Bertz CT molecular complexity index is 535. The lowest BCUT2D eigenvalue weighted by Crippen LogP contribution is -2.20. The SMILES string of the molecule is O=C(O)CCC1CCN(c2cc(F)cc([N+](=O)[O-])c2)C1. The van der Waals surface area contributed by atoms with E-state index >= 15 is 0 Å². The van der Waals surface area contributed by atoms with Crippen LogP contribution in [0.3, 0.4) is 0 Å². The summed E-state index contributed by atoms with van der Waals surface area (Å²) in [5, 5.41) is 19.4. The molecule has 20 heavy (non-hydrogen) atoms. The molecule has 1 aliphatic heterocycles. The number of hydrogen-bond donors (Lipinski definition) is 1. The van der Waals surface area contributed by atoms with Crippen LogP contribution in [0.4, 0.5) is 15.8 Å². The van der Waals surface area contributed by atoms with E-state index in [2.05, 4.69) is 0 Å². The molecule has 1 N–H and O–H groups in total. The van der Waals surface area contributed by atoms with Gasteiger partial charge in [0, 0.05) is 31.3 Å². The Labute approximate surface area is 115 Å². The Morgan fingerprint density at radius 2 is 2.25 bits per heavy atom. The molecule has 0 spiro atoms. The number of carboxylic acids is 1. The van der Waals surface area contributed by atoms with Crippen molar-refractivity contribution in [2.45, 2.75) is 19.3 Å². The first-order valence-electron chi connectivity index (χ1n) is 6.37. The number of non-ortho nitro benzene ring substituents is 1. The lowest BCUT2D eigenvalue weighted by atomic mass is 10.0. The first-order chi connectivity index (χ1) is 9.45. The first-order valence-corrected chi connectivity index (χ1v) is 6.37. The highest BCUT2D eigenvalue weighted by Crippen LogP contribution is 2.29. The van der Waals surface area contributed by atoms with Crippen LogP contribution in [0.5, 0.6) is 0 Å². The molecule has 1 unspecified atom stereocenters. The lowest BCUT2D eigenvalue weighted by molar-refractivity contribution is -0.385. The van der Waals surface area contributed by atoms with Crippen LogP contribution in [0.15, 0.2) is 18.2 Å². The zero-order valence-electron chi connectivity index (χ0n) is 10.8. The molecule has 108 valence electrons. The van der Waals surface area contributed by atoms with E-state index in [-0.39, 0.29) is 18.0 Å². The van der Waals surface area contributed by atoms with Crippen molar-refractivity contribution in [3.63, 3.8) is 0 Å². The van der Waals surface area contributed by atoms with Gasteiger partial charge in [-0.1, -0.05) is 0 Å². The average molecular weight is 282 g/mol. The maximum absolute atomic E-state index is 13.4. The van der Waals surface area contributed by atoms with Gasteiger partial charge in [-0.2, -0.15) is 0 Å². The van der Waals surface area contributed by atoms with Crippen LogP contribution < -0.4 is 4.90 Å². The van der Waals surface area contributed by atoms with Gasteiger partial charge in [0.2, 0.25) is 0 Å². The second kappa shape index (κ2) is 5.85. The molecule has 0 aromatic heterocycles. The van der Waals surface area contributed by atoms with Crippen LogP contribution in [0.1, 0.15) is 19.3 Å². The number of nitrogens with zero attached hydrogens (tertiary/aromatic N) is 2. The first kappa shape index (κ1) is 14.2. The quantitative estimate of drug-likeness (QED) is 0.662. The summed E-state index contributed by atoms with van der Waals surface area (Å²) in [6, 6.07) is 3.51. The Balaban J connectivity index is 2.06. The number of benzene rings is 1. The van der Waals surface area contributed by atoms with Crippen molar-refractivity contribution in [3.8, 4) is 0 Å².